The fraction of sp³-hybridized carbons (Fsp3) is 0.333. The topological polar surface area (TPSA) is 87.0 Å². The molecule has 0 unspecified atom stereocenters. The van der Waals surface area contributed by atoms with Crippen LogP contribution in [0.25, 0.3) is 11.3 Å². The van der Waals surface area contributed by atoms with Crippen LogP contribution >= 0.6 is 11.6 Å². The molecule has 2 aromatic heterocycles. The third-order valence-corrected chi connectivity index (χ3v) is 3.79. The zero-order valence-corrected chi connectivity index (χ0v) is 13.5. The molecule has 1 aliphatic rings. The van der Waals surface area contributed by atoms with Crippen molar-refractivity contribution in [1.29, 1.82) is 5.41 Å². The summed E-state index contributed by atoms with van der Waals surface area (Å²) in [4.78, 5) is 15.2. The molecule has 0 aliphatic carbocycles. The van der Waals surface area contributed by atoms with Crippen LogP contribution in [-0.4, -0.2) is 54.5 Å². The van der Waals surface area contributed by atoms with Gasteiger partial charge in [-0.3, -0.25) is 4.98 Å². The van der Waals surface area contributed by atoms with Crippen molar-refractivity contribution in [3.8, 4) is 11.3 Å². The highest BCUT2D eigenvalue weighted by Crippen LogP contribution is 2.25. The van der Waals surface area contributed by atoms with Gasteiger partial charge < -0.3 is 20.4 Å². The van der Waals surface area contributed by atoms with Crippen molar-refractivity contribution in [2.24, 2.45) is 0 Å². The summed E-state index contributed by atoms with van der Waals surface area (Å²) < 4.78 is 5.35. The number of aromatic nitrogens is 3. The predicted molar refractivity (Wildman–Crippen MR) is 90.7 cm³/mol. The van der Waals surface area contributed by atoms with E-state index >= 15 is 0 Å². The summed E-state index contributed by atoms with van der Waals surface area (Å²) in [6.07, 6.45) is 2.89. The number of pyridine rings is 1. The lowest BCUT2D eigenvalue weighted by Gasteiger charge is -2.27. The molecule has 3 rings (SSSR count). The minimum absolute atomic E-state index is 0.388. The Balaban J connectivity index is 1.99. The first-order valence-corrected chi connectivity index (χ1v) is 7.65. The van der Waals surface area contributed by atoms with E-state index in [1.807, 2.05) is 6.07 Å². The minimum Gasteiger partial charge on any atom is -0.386 e. The molecule has 2 N–H and O–H groups in total. The van der Waals surface area contributed by atoms with Crippen LogP contribution in [0.4, 0.5) is 11.6 Å². The fourth-order valence-corrected chi connectivity index (χ4v) is 2.57. The van der Waals surface area contributed by atoms with Crippen molar-refractivity contribution in [2.45, 2.75) is 0 Å². The molecule has 23 heavy (non-hydrogen) atoms. The molecule has 120 valence electrons. The molecular formula is C15H17ClN6O. The largest absolute Gasteiger partial charge is 0.386 e. The summed E-state index contributed by atoms with van der Waals surface area (Å²) in [5.74, 6) is 0.595. The Kier molecular flexibility index (Phi) is 4.68. The molecule has 0 bridgehead atoms. The molecule has 1 fully saturated rings. The van der Waals surface area contributed by atoms with Gasteiger partial charge in [-0.05, 0) is 6.07 Å². The quantitative estimate of drug-likeness (QED) is 0.658. The van der Waals surface area contributed by atoms with E-state index in [9.17, 15) is 0 Å². The van der Waals surface area contributed by atoms with Crippen LogP contribution in [0.2, 0.25) is 5.15 Å². The number of rotatable bonds is 4. The van der Waals surface area contributed by atoms with Gasteiger partial charge in [0.2, 0.25) is 5.95 Å². The maximum atomic E-state index is 7.37. The first kappa shape index (κ1) is 15.6. The van der Waals surface area contributed by atoms with Gasteiger partial charge in [-0.1, -0.05) is 11.6 Å². The van der Waals surface area contributed by atoms with Gasteiger partial charge in [0.1, 0.15) is 10.8 Å². The lowest BCUT2D eigenvalue weighted by molar-refractivity contribution is 0.122. The van der Waals surface area contributed by atoms with Crippen LogP contribution in [0.5, 0.6) is 0 Å². The molecule has 3 heterocycles. The molecule has 1 saturated heterocycles. The standard InChI is InChI=1S/C15H17ClN6O/c1-18-12-6-10(9-19-13(12)8-17)11-7-14(16)21-15(20-11)22-2-4-23-5-3-22/h6-9,17-18H,2-5H2,1H3. The number of morpholine rings is 1. The van der Waals surface area contributed by atoms with E-state index in [2.05, 4.69) is 25.2 Å². The van der Waals surface area contributed by atoms with Crippen molar-refractivity contribution in [3.05, 3.63) is 29.2 Å². The number of ether oxygens (including phenoxy) is 1. The average Bonchev–Trinajstić information content (AvgIpc) is 2.61. The van der Waals surface area contributed by atoms with E-state index in [4.69, 9.17) is 21.7 Å². The first-order chi connectivity index (χ1) is 11.2. The number of hydrogen-bond acceptors (Lipinski definition) is 7. The minimum atomic E-state index is 0.388. The van der Waals surface area contributed by atoms with Gasteiger partial charge in [0.05, 0.1) is 24.6 Å². The molecule has 0 amide bonds. The Morgan fingerprint density at radius 2 is 2.09 bits per heavy atom. The smallest absolute Gasteiger partial charge is 0.227 e. The summed E-state index contributed by atoms with van der Waals surface area (Å²) in [5.41, 5.74) is 2.86. The van der Waals surface area contributed by atoms with Gasteiger partial charge >= 0.3 is 0 Å². The van der Waals surface area contributed by atoms with Crippen LogP contribution in [0, 0.1) is 5.41 Å². The van der Waals surface area contributed by atoms with E-state index in [-0.39, 0.29) is 0 Å². The Bertz CT molecular complexity index is 717. The highest BCUT2D eigenvalue weighted by molar-refractivity contribution is 6.29. The third-order valence-electron chi connectivity index (χ3n) is 3.60. The van der Waals surface area contributed by atoms with Crippen molar-refractivity contribution in [2.75, 3.05) is 43.6 Å². The Labute approximate surface area is 139 Å². The van der Waals surface area contributed by atoms with Crippen molar-refractivity contribution >= 4 is 29.5 Å². The molecule has 8 heteroatoms. The van der Waals surface area contributed by atoms with Gasteiger partial charge in [0.15, 0.2) is 0 Å². The second-order valence-electron chi connectivity index (χ2n) is 5.03. The molecular weight excluding hydrogens is 316 g/mol. The monoisotopic (exact) mass is 332 g/mol. The van der Waals surface area contributed by atoms with Crippen LogP contribution in [0.15, 0.2) is 18.3 Å². The fourth-order valence-electron chi connectivity index (χ4n) is 2.39. The summed E-state index contributed by atoms with van der Waals surface area (Å²) in [6.45, 7) is 2.80. The lowest BCUT2D eigenvalue weighted by Crippen LogP contribution is -2.37. The zero-order valence-electron chi connectivity index (χ0n) is 12.7. The zero-order chi connectivity index (χ0) is 16.2. The van der Waals surface area contributed by atoms with Gasteiger partial charge in [-0.15, -0.1) is 0 Å². The maximum Gasteiger partial charge on any atom is 0.227 e. The van der Waals surface area contributed by atoms with E-state index in [0.29, 0.717) is 35.7 Å². The van der Waals surface area contributed by atoms with Gasteiger partial charge in [-0.25, -0.2) is 9.97 Å². The Hall–Kier alpha value is -2.25. The molecule has 0 saturated carbocycles. The number of nitrogens with zero attached hydrogens (tertiary/aromatic N) is 4. The maximum absolute atomic E-state index is 7.37. The normalized spacial score (nSPS) is 14.6. The highest BCUT2D eigenvalue weighted by atomic mass is 35.5. The predicted octanol–water partition coefficient (Wildman–Crippen LogP) is 2.07. The third kappa shape index (κ3) is 3.40. The van der Waals surface area contributed by atoms with Crippen LogP contribution in [0.1, 0.15) is 5.69 Å². The molecule has 0 aromatic carbocycles. The van der Waals surface area contributed by atoms with Crippen LogP contribution < -0.4 is 10.2 Å². The summed E-state index contributed by atoms with van der Waals surface area (Å²) in [7, 11) is 1.79. The number of nitrogens with one attached hydrogen (secondary N) is 2. The van der Waals surface area contributed by atoms with Gasteiger partial charge in [-0.2, -0.15) is 0 Å². The summed E-state index contributed by atoms with van der Waals surface area (Å²) >= 11 is 6.17. The van der Waals surface area contributed by atoms with E-state index in [0.717, 1.165) is 24.3 Å². The first-order valence-electron chi connectivity index (χ1n) is 7.27. The highest BCUT2D eigenvalue weighted by Gasteiger charge is 2.16. The van der Waals surface area contributed by atoms with Crippen molar-refractivity contribution < 1.29 is 4.74 Å². The SMILES string of the molecule is CNc1cc(-c2cc(Cl)nc(N3CCOCC3)n2)cnc1C=N. The molecule has 7 nitrogen and oxygen atoms in total. The van der Waals surface area contributed by atoms with Gasteiger partial charge in [0.25, 0.3) is 0 Å². The molecule has 1 aliphatic heterocycles. The van der Waals surface area contributed by atoms with E-state index in [1.54, 1.807) is 19.3 Å². The lowest BCUT2D eigenvalue weighted by atomic mass is 10.1. The second kappa shape index (κ2) is 6.89. The van der Waals surface area contributed by atoms with E-state index < -0.39 is 0 Å². The second-order valence-corrected chi connectivity index (χ2v) is 5.41. The molecule has 0 atom stereocenters. The molecule has 0 spiro atoms. The van der Waals surface area contributed by atoms with Crippen LogP contribution in [0.3, 0.4) is 0 Å². The Morgan fingerprint density at radius 3 is 2.78 bits per heavy atom. The van der Waals surface area contributed by atoms with Crippen molar-refractivity contribution in [3.63, 3.8) is 0 Å². The number of anilines is 2. The summed E-state index contributed by atoms with van der Waals surface area (Å²) in [5, 5.41) is 10.8. The Morgan fingerprint density at radius 1 is 1.30 bits per heavy atom. The summed E-state index contributed by atoms with van der Waals surface area (Å²) in [6, 6.07) is 3.61. The van der Waals surface area contributed by atoms with Crippen molar-refractivity contribution in [1.82, 2.24) is 15.0 Å². The van der Waals surface area contributed by atoms with Crippen LogP contribution in [-0.2, 0) is 4.74 Å². The van der Waals surface area contributed by atoms with E-state index in [1.165, 1.54) is 6.21 Å². The molecule has 0 radical (unpaired) electrons. The average molecular weight is 333 g/mol. The van der Waals surface area contributed by atoms with Gasteiger partial charge in [0, 0.05) is 44.2 Å². The number of hydrogen-bond donors (Lipinski definition) is 2. The number of halogens is 1. The molecule has 2 aromatic rings.